The summed E-state index contributed by atoms with van der Waals surface area (Å²) >= 11 is 1.59. The molecule has 6 rings (SSSR count). The number of carbonyl (C=O) groups is 2. The first kappa shape index (κ1) is 29.3. The van der Waals surface area contributed by atoms with Gasteiger partial charge in [-0.3, -0.25) is 23.9 Å². The number of benzene rings is 1. The summed E-state index contributed by atoms with van der Waals surface area (Å²) in [6, 6.07) is 7.28. The van der Waals surface area contributed by atoms with E-state index in [1.165, 1.54) is 18.1 Å². The minimum atomic E-state index is -2.74. The van der Waals surface area contributed by atoms with Gasteiger partial charge in [-0.2, -0.15) is 0 Å². The highest BCUT2D eigenvalue weighted by molar-refractivity contribution is 7.99. The molecular formula is C31H38F2N4O4S. The lowest BCUT2D eigenvalue weighted by Crippen LogP contribution is -2.55. The molecule has 226 valence electrons. The zero-order valence-electron chi connectivity index (χ0n) is 24.0. The molecule has 3 fully saturated rings. The molecule has 0 spiro atoms. The van der Waals surface area contributed by atoms with Gasteiger partial charge in [0.2, 0.25) is 5.91 Å². The number of nitrogens with zero attached hydrogens (tertiary/aromatic N) is 4. The van der Waals surface area contributed by atoms with Crippen molar-refractivity contribution in [3.8, 4) is 0 Å². The van der Waals surface area contributed by atoms with Crippen LogP contribution < -0.4 is 5.56 Å². The summed E-state index contributed by atoms with van der Waals surface area (Å²) < 4.78 is 34.0. The molecule has 1 amide bonds. The number of halogens is 2. The Kier molecular flexibility index (Phi) is 8.42. The topological polar surface area (TPSA) is 84.7 Å². The molecule has 2 saturated carbocycles. The number of alkyl halides is 2. The summed E-state index contributed by atoms with van der Waals surface area (Å²) in [5, 5.41) is 0.940. The zero-order valence-corrected chi connectivity index (χ0v) is 24.8. The Balaban J connectivity index is 1.10. The van der Waals surface area contributed by atoms with Crippen LogP contribution in [0.25, 0.3) is 0 Å². The average Bonchev–Trinajstić information content (AvgIpc) is 2.94. The molecule has 1 saturated heterocycles. The van der Waals surface area contributed by atoms with Crippen molar-refractivity contribution in [2.45, 2.75) is 93.2 Å². The van der Waals surface area contributed by atoms with Crippen LogP contribution in [0.5, 0.6) is 0 Å². The standard InChI is InChI=1S/C31H38F2N4O4S/c1-41-27(38)13-20-7-9-21(10-8-20)16-35-17-22(18-35)28(39)36-12-11-26-25(19-36)29(40)37(23-14-31(32,33)15-23)30(34-26)42-24-5-3-2-4-6-24/h7-10,22-24H,2-6,11-19H2,1H3. The van der Waals surface area contributed by atoms with E-state index < -0.39 is 12.0 Å². The highest BCUT2D eigenvalue weighted by Crippen LogP contribution is 2.46. The van der Waals surface area contributed by atoms with Gasteiger partial charge in [0, 0.05) is 50.7 Å². The molecule has 0 unspecified atom stereocenters. The quantitative estimate of drug-likeness (QED) is 0.329. The maximum Gasteiger partial charge on any atom is 0.309 e. The van der Waals surface area contributed by atoms with Crippen LogP contribution in [0.1, 0.15) is 73.4 Å². The van der Waals surface area contributed by atoms with Crippen molar-refractivity contribution in [1.29, 1.82) is 0 Å². The van der Waals surface area contributed by atoms with Crippen LogP contribution in [-0.2, 0) is 40.3 Å². The van der Waals surface area contributed by atoms with Gasteiger partial charge < -0.3 is 9.64 Å². The molecule has 1 aromatic heterocycles. The lowest BCUT2D eigenvalue weighted by Gasteiger charge is -2.42. The van der Waals surface area contributed by atoms with Gasteiger partial charge >= 0.3 is 5.97 Å². The Morgan fingerprint density at radius 2 is 1.76 bits per heavy atom. The highest BCUT2D eigenvalue weighted by Gasteiger charge is 2.48. The van der Waals surface area contributed by atoms with E-state index in [9.17, 15) is 23.2 Å². The van der Waals surface area contributed by atoms with Crippen molar-refractivity contribution in [3.63, 3.8) is 0 Å². The monoisotopic (exact) mass is 600 g/mol. The second kappa shape index (κ2) is 12.1. The molecule has 1 aromatic carbocycles. The molecule has 2 aliphatic heterocycles. The molecule has 0 radical (unpaired) electrons. The van der Waals surface area contributed by atoms with Gasteiger partial charge in [-0.25, -0.2) is 13.8 Å². The van der Waals surface area contributed by atoms with Crippen LogP contribution in [0.4, 0.5) is 8.78 Å². The largest absolute Gasteiger partial charge is 0.469 e. The number of hydrogen-bond donors (Lipinski definition) is 0. The predicted octanol–water partition coefficient (Wildman–Crippen LogP) is 4.37. The van der Waals surface area contributed by atoms with Crippen molar-refractivity contribution in [1.82, 2.24) is 19.4 Å². The number of carbonyl (C=O) groups excluding carboxylic acids is 2. The third-order valence-electron chi connectivity index (χ3n) is 9.11. The first-order valence-corrected chi connectivity index (χ1v) is 15.9. The number of amides is 1. The summed E-state index contributed by atoms with van der Waals surface area (Å²) in [5.41, 5.74) is 2.96. The van der Waals surface area contributed by atoms with Gasteiger partial charge in [-0.15, -0.1) is 0 Å². The third kappa shape index (κ3) is 6.27. The minimum absolute atomic E-state index is 0.0344. The number of ether oxygens (including phenoxy) is 1. The lowest BCUT2D eigenvalue weighted by atomic mass is 9.88. The summed E-state index contributed by atoms with van der Waals surface area (Å²) in [6.07, 6.45) is 5.69. The molecule has 0 bridgehead atoms. The second-order valence-electron chi connectivity index (χ2n) is 12.3. The Morgan fingerprint density at radius 3 is 2.43 bits per heavy atom. The van der Waals surface area contributed by atoms with Crippen LogP contribution >= 0.6 is 11.8 Å². The summed E-state index contributed by atoms with van der Waals surface area (Å²) in [6.45, 7) is 2.70. The molecule has 0 N–H and O–H groups in total. The van der Waals surface area contributed by atoms with E-state index >= 15 is 0 Å². The van der Waals surface area contributed by atoms with Gasteiger partial charge in [0.05, 0.1) is 43.3 Å². The number of hydrogen-bond acceptors (Lipinski definition) is 7. The van der Waals surface area contributed by atoms with Gasteiger partial charge in [0.1, 0.15) is 0 Å². The second-order valence-corrected chi connectivity index (χ2v) is 13.5. The van der Waals surface area contributed by atoms with Crippen LogP contribution in [0.3, 0.4) is 0 Å². The SMILES string of the molecule is COC(=O)Cc1ccc(CN2CC(C(=O)N3CCc4nc(SC5CCCCC5)n(C5CC(F)(F)C5)c(=O)c4C3)C2)cc1. The molecule has 8 nitrogen and oxygen atoms in total. The number of methoxy groups -OCH3 is 1. The van der Waals surface area contributed by atoms with E-state index in [4.69, 9.17) is 9.72 Å². The number of likely N-dealkylation sites (tertiary alicyclic amines) is 1. The number of esters is 1. The molecule has 3 heterocycles. The molecular weight excluding hydrogens is 562 g/mol. The Labute approximate surface area is 248 Å². The highest BCUT2D eigenvalue weighted by atomic mass is 32.2. The minimum Gasteiger partial charge on any atom is -0.469 e. The third-order valence-corrected chi connectivity index (χ3v) is 10.4. The number of fused-ring (bicyclic) bond motifs is 1. The van der Waals surface area contributed by atoms with Crippen molar-refractivity contribution < 1.29 is 23.1 Å². The van der Waals surface area contributed by atoms with Crippen LogP contribution in [0, 0.1) is 5.92 Å². The van der Waals surface area contributed by atoms with E-state index in [0.717, 1.165) is 42.5 Å². The molecule has 0 atom stereocenters. The van der Waals surface area contributed by atoms with Crippen LogP contribution in [0.15, 0.2) is 34.2 Å². The van der Waals surface area contributed by atoms with E-state index in [0.29, 0.717) is 48.6 Å². The Morgan fingerprint density at radius 1 is 1.07 bits per heavy atom. The number of thioether (sulfide) groups is 1. The van der Waals surface area contributed by atoms with Gasteiger partial charge in [-0.1, -0.05) is 55.3 Å². The first-order chi connectivity index (χ1) is 20.2. The van der Waals surface area contributed by atoms with Crippen molar-refractivity contribution in [2.24, 2.45) is 5.92 Å². The molecule has 2 aromatic rings. The van der Waals surface area contributed by atoms with Gasteiger partial charge in [0.15, 0.2) is 5.16 Å². The lowest BCUT2D eigenvalue weighted by molar-refractivity contribution is -0.142. The average molecular weight is 601 g/mol. The molecule has 4 aliphatic rings. The van der Waals surface area contributed by atoms with Crippen LogP contribution in [0.2, 0.25) is 0 Å². The zero-order chi connectivity index (χ0) is 29.4. The van der Waals surface area contributed by atoms with Crippen molar-refractivity contribution >= 4 is 23.6 Å². The fourth-order valence-corrected chi connectivity index (χ4v) is 7.96. The van der Waals surface area contributed by atoms with E-state index in [-0.39, 0.29) is 49.2 Å². The molecule has 2 aliphatic carbocycles. The van der Waals surface area contributed by atoms with E-state index in [2.05, 4.69) is 4.90 Å². The summed E-state index contributed by atoms with van der Waals surface area (Å²) in [4.78, 5) is 47.5. The first-order valence-electron chi connectivity index (χ1n) is 15.0. The maximum atomic E-state index is 13.9. The fourth-order valence-electron chi connectivity index (χ4n) is 6.58. The summed E-state index contributed by atoms with van der Waals surface area (Å²) in [7, 11) is 1.38. The van der Waals surface area contributed by atoms with Gasteiger partial charge in [-0.05, 0) is 24.0 Å². The molecule has 42 heavy (non-hydrogen) atoms. The van der Waals surface area contributed by atoms with Crippen molar-refractivity contribution in [3.05, 3.63) is 57.0 Å². The fraction of sp³-hybridized carbons (Fsp3) is 0.613. The smallest absolute Gasteiger partial charge is 0.309 e. The Hall–Kier alpha value is -2.79. The predicted molar refractivity (Wildman–Crippen MR) is 154 cm³/mol. The van der Waals surface area contributed by atoms with E-state index in [1.807, 2.05) is 24.3 Å². The normalized spacial score (nSPS) is 21.4. The van der Waals surface area contributed by atoms with Gasteiger partial charge in [0.25, 0.3) is 11.5 Å². The Bertz CT molecular complexity index is 1380. The number of rotatable bonds is 8. The number of aromatic nitrogens is 2. The molecule has 11 heteroatoms. The van der Waals surface area contributed by atoms with E-state index in [1.54, 1.807) is 16.7 Å². The summed E-state index contributed by atoms with van der Waals surface area (Å²) in [5.74, 6) is -3.11. The van der Waals surface area contributed by atoms with Crippen molar-refractivity contribution in [2.75, 3.05) is 26.7 Å². The van der Waals surface area contributed by atoms with Crippen LogP contribution in [-0.4, -0.2) is 69.1 Å². The maximum absolute atomic E-state index is 13.9.